The zero-order valence-electron chi connectivity index (χ0n) is 10.8. The minimum absolute atomic E-state index is 0.233. The first-order valence-electron chi connectivity index (χ1n) is 5.93. The van der Waals surface area contributed by atoms with Crippen molar-refractivity contribution < 1.29 is 13.5 Å². The summed E-state index contributed by atoms with van der Waals surface area (Å²) in [6.07, 6.45) is 0. The number of hydrogen-bond donors (Lipinski definition) is 1. The molecule has 0 aliphatic rings. The summed E-state index contributed by atoms with van der Waals surface area (Å²) in [5.41, 5.74) is 2.15. The van der Waals surface area contributed by atoms with Gasteiger partial charge < -0.3 is 10.1 Å². The molecule has 0 fully saturated rings. The zero-order chi connectivity index (χ0) is 13.8. The second-order valence-corrected chi connectivity index (χ2v) is 4.25. The molecule has 0 saturated carbocycles. The van der Waals surface area contributed by atoms with Crippen LogP contribution in [-0.2, 0) is 6.54 Å². The number of methoxy groups -OCH3 is 1. The molecule has 100 valence electrons. The first kappa shape index (κ1) is 13.3. The molecular weight excluding hydrogens is 248 g/mol. The van der Waals surface area contributed by atoms with Crippen molar-refractivity contribution >= 4 is 5.69 Å². The van der Waals surface area contributed by atoms with Crippen LogP contribution in [0.15, 0.2) is 36.4 Å². The molecule has 0 spiro atoms. The van der Waals surface area contributed by atoms with E-state index in [4.69, 9.17) is 4.74 Å². The van der Waals surface area contributed by atoms with Crippen LogP contribution in [0.3, 0.4) is 0 Å². The minimum Gasteiger partial charge on any atom is -0.497 e. The van der Waals surface area contributed by atoms with Gasteiger partial charge in [0.15, 0.2) is 11.6 Å². The van der Waals surface area contributed by atoms with Crippen LogP contribution in [0.1, 0.15) is 11.1 Å². The molecule has 0 radical (unpaired) electrons. The summed E-state index contributed by atoms with van der Waals surface area (Å²) in [6.45, 7) is 2.16. The van der Waals surface area contributed by atoms with E-state index in [9.17, 15) is 8.78 Å². The van der Waals surface area contributed by atoms with Gasteiger partial charge in [-0.3, -0.25) is 0 Å². The summed E-state index contributed by atoms with van der Waals surface area (Å²) >= 11 is 0. The van der Waals surface area contributed by atoms with Crippen LogP contribution in [-0.4, -0.2) is 7.11 Å². The summed E-state index contributed by atoms with van der Waals surface area (Å²) in [6, 6.07) is 9.71. The minimum atomic E-state index is -0.828. The van der Waals surface area contributed by atoms with Crippen molar-refractivity contribution in [3.8, 4) is 5.75 Å². The average molecular weight is 263 g/mol. The lowest BCUT2D eigenvalue weighted by molar-refractivity contribution is 0.414. The molecule has 0 amide bonds. The van der Waals surface area contributed by atoms with Gasteiger partial charge in [0.2, 0.25) is 0 Å². The van der Waals surface area contributed by atoms with Crippen molar-refractivity contribution in [2.24, 2.45) is 0 Å². The van der Waals surface area contributed by atoms with Crippen LogP contribution >= 0.6 is 0 Å². The number of rotatable bonds is 4. The van der Waals surface area contributed by atoms with Gasteiger partial charge in [0.25, 0.3) is 0 Å². The third-order valence-electron chi connectivity index (χ3n) is 2.93. The summed E-state index contributed by atoms with van der Waals surface area (Å²) in [7, 11) is 1.60. The van der Waals surface area contributed by atoms with Gasteiger partial charge in [0, 0.05) is 17.8 Å². The van der Waals surface area contributed by atoms with Crippen molar-refractivity contribution in [3.63, 3.8) is 0 Å². The third kappa shape index (κ3) is 3.02. The quantitative estimate of drug-likeness (QED) is 0.903. The molecule has 2 aromatic rings. The van der Waals surface area contributed by atoms with E-state index in [1.807, 2.05) is 25.1 Å². The molecule has 2 rings (SSSR count). The molecule has 0 aromatic heterocycles. The van der Waals surface area contributed by atoms with E-state index in [-0.39, 0.29) is 6.54 Å². The van der Waals surface area contributed by atoms with Crippen LogP contribution in [0.25, 0.3) is 0 Å². The number of ether oxygens (including phenoxy) is 1. The summed E-state index contributed by atoms with van der Waals surface area (Å²) in [4.78, 5) is 0. The largest absolute Gasteiger partial charge is 0.497 e. The Morgan fingerprint density at radius 3 is 2.63 bits per heavy atom. The van der Waals surface area contributed by atoms with E-state index in [1.54, 1.807) is 13.2 Å². The zero-order valence-corrected chi connectivity index (χ0v) is 10.8. The van der Waals surface area contributed by atoms with Gasteiger partial charge in [-0.15, -0.1) is 0 Å². The van der Waals surface area contributed by atoms with E-state index in [1.165, 1.54) is 6.07 Å². The van der Waals surface area contributed by atoms with E-state index in [0.29, 0.717) is 5.56 Å². The molecule has 19 heavy (non-hydrogen) atoms. The molecule has 1 N–H and O–H groups in total. The number of aryl methyl sites for hydroxylation is 1. The standard InChI is InChI=1S/C15H15F2NO/c1-10-8-12(19-2)6-7-14(10)18-9-11-4-3-5-13(16)15(11)17/h3-8,18H,9H2,1-2H3. The molecule has 0 bridgehead atoms. The van der Waals surface area contributed by atoms with E-state index in [2.05, 4.69) is 5.32 Å². The average Bonchev–Trinajstić information content (AvgIpc) is 2.41. The topological polar surface area (TPSA) is 21.3 Å². The Hall–Kier alpha value is -2.10. The van der Waals surface area contributed by atoms with E-state index >= 15 is 0 Å². The predicted octanol–water partition coefficient (Wildman–Crippen LogP) is 3.89. The molecule has 0 aliphatic carbocycles. The van der Waals surface area contributed by atoms with Crippen LogP contribution in [0.2, 0.25) is 0 Å². The highest BCUT2D eigenvalue weighted by Gasteiger charge is 2.07. The highest BCUT2D eigenvalue weighted by Crippen LogP contribution is 2.22. The van der Waals surface area contributed by atoms with Gasteiger partial charge in [-0.05, 0) is 36.8 Å². The molecule has 0 aliphatic heterocycles. The third-order valence-corrected chi connectivity index (χ3v) is 2.93. The molecule has 0 atom stereocenters. The number of benzene rings is 2. The SMILES string of the molecule is COc1ccc(NCc2cccc(F)c2F)c(C)c1. The fraction of sp³-hybridized carbons (Fsp3) is 0.200. The normalized spacial score (nSPS) is 10.3. The predicted molar refractivity (Wildman–Crippen MR) is 71.4 cm³/mol. The second kappa shape index (κ2) is 5.69. The van der Waals surface area contributed by atoms with Crippen molar-refractivity contribution in [2.45, 2.75) is 13.5 Å². The lowest BCUT2D eigenvalue weighted by atomic mass is 10.1. The van der Waals surface area contributed by atoms with E-state index in [0.717, 1.165) is 23.1 Å². The fourth-order valence-corrected chi connectivity index (χ4v) is 1.84. The summed E-state index contributed by atoms with van der Waals surface area (Å²) in [5.74, 6) is -0.869. The maximum absolute atomic E-state index is 13.5. The number of nitrogens with one attached hydrogen (secondary N) is 1. The molecule has 0 unspecified atom stereocenters. The van der Waals surface area contributed by atoms with Gasteiger partial charge in [-0.1, -0.05) is 12.1 Å². The molecule has 0 saturated heterocycles. The van der Waals surface area contributed by atoms with Crippen LogP contribution in [0.4, 0.5) is 14.5 Å². The van der Waals surface area contributed by atoms with Crippen molar-refractivity contribution in [3.05, 3.63) is 59.2 Å². The van der Waals surface area contributed by atoms with Gasteiger partial charge in [-0.25, -0.2) is 8.78 Å². The first-order valence-corrected chi connectivity index (χ1v) is 5.93. The second-order valence-electron chi connectivity index (χ2n) is 4.25. The highest BCUT2D eigenvalue weighted by atomic mass is 19.2. The molecule has 2 nitrogen and oxygen atoms in total. The van der Waals surface area contributed by atoms with Crippen LogP contribution in [0, 0.1) is 18.6 Å². The lowest BCUT2D eigenvalue weighted by Crippen LogP contribution is -2.04. The Labute approximate surface area is 111 Å². The molecule has 2 aromatic carbocycles. The molecule has 4 heteroatoms. The number of halogens is 2. The Morgan fingerprint density at radius 2 is 1.95 bits per heavy atom. The maximum atomic E-state index is 13.5. The number of hydrogen-bond acceptors (Lipinski definition) is 2. The van der Waals surface area contributed by atoms with Gasteiger partial charge in [0.1, 0.15) is 5.75 Å². The van der Waals surface area contributed by atoms with Gasteiger partial charge >= 0.3 is 0 Å². The smallest absolute Gasteiger partial charge is 0.163 e. The van der Waals surface area contributed by atoms with Gasteiger partial charge in [0.05, 0.1) is 7.11 Å². The monoisotopic (exact) mass is 263 g/mol. The van der Waals surface area contributed by atoms with Gasteiger partial charge in [-0.2, -0.15) is 0 Å². The Morgan fingerprint density at radius 1 is 1.16 bits per heavy atom. The molecular formula is C15H15F2NO. The highest BCUT2D eigenvalue weighted by molar-refractivity contribution is 5.53. The maximum Gasteiger partial charge on any atom is 0.163 e. The Balaban J connectivity index is 2.12. The lowest BCUT2D eigenvalue weighted by Gasteiger charge is -2.11. The Bertz CT molecular complexity index is 584. The number of anilines is 1. The fourth-order valence-electron chi connectivity index (χ4n) is 1.84. The van der Waals surface area contributed by atoms with Crippen molar-refractivity contribution in [1.82, 2.24) is 0 Å². The van der Waals surface area contributed by atoms with Crippen LogP contribution in [0.5, 0.6) is 5.75 Å². The first-order chi connectivity index (χ1) is 9.11. The van der Waals surface area contributed by atoms with Crippen molar-refractivity contribution in [2.75, 3.05) is 12.4 Å². The summed E-state index contributed by atoms with van der Waals surface area (Å²) < 4.78 is 31.7. The van der Waals surface area contributed by atoms with Crippen LogP contribution < -0.4 is 10.1 Å². The Kier molecular flexibility index (Phi) is 4.00. The molecule has 0 heterocycles. The van der Waals surface area contributed by atoms with Crippen molar-refractivity contribution in [1.29, 1.82) is 0 Å². The summed E-state index contributed by atoms with van der Waals surface area (Å²) in [5, 5.41) is 3.09. The van der Waals surface area contributed by atoms with E-state index < -0.39 is 11.6 Å².